The summed E-state index contributed by atoms with van der Waals surface area (Å²) in [6, 6.07) is 16.8. The third kappa shape index (κ3) is 3.27. The molecule has 2 aromatic carbocycles. The van der Waals surface area contributed by atoms with E-state index in [-0.39, 0.29) is 0 Å². The SMILES string of the molecule is CCC(Nc1ccc(C)cc1)c1cccc(Cl)c1. The van der Waals surface area contributed by atoms with E-state index in [2.05, 4.69) is 49.5 Å². The molecule has 0 heterocycles. The van der Waals surface area contributed by atoms with Crippen LogP contribution in [-0.4, -0.2) is 0 Å². The fourth-order valence-corrected chi connectivity index (χ4v) is 2.19. The van der Waals surface area contributed by atoms with E-state index < -0.39 is 0 Å². The van der Waals surface area contributed by atoms with Crippen LogP contribution in [0.15, 0.2) is 48.5 Å². The van der Waals surface area contributed by atoms with Gasteiger partial charge >= 0.3 is 0 Å². The first kappa shape index (κ1) is 13.0. The van der Waals surface area contributed by atoms with Gasteiger partial charge < -0.3 is 5.32 Å². The molecular formula is C16H18ClN. The number of nitrogens with one attached hydrogen (secondary N) is 1. The van der Waals surface area contributed by atoms with E-state index in [0.717, 1.165) is 17.1 Å². The summed E-state index contributed by atoms with van der Waals surface area (Å²) in [6.07, 6.45) is 1.02. The van der Waals surface area contributed by atoms with Crippen molar-refractivity contribution < 1.29 is 0 Å². The number of anilines is 1. The standard InChI is InChI=1S/C16H18ClN/c1-3-16(13-5-4-6-14(17)11-13)18-15-9-7-12(2)8-10-15/h4-11,16,18H,3H2,1-2H3. The van der Waals surface area contributed by atoms with Crippen molar-refractivity contribution >= 4 is 17.3 Å². The molecule has 0 radical (unpaired) electrons. The van der Waals surface area contributed by atoms with Crippen molar-refractivity contribution in [2.24, 2.45) is 0 Å². The second-order valence-electron chi connectivity index (χ2n) is 4.53. The predicted molar refractivity (Wildman–Crippen MR) is 79.3 cm³/mol. The molecular weight excluding hydrogens is 242 g/mol. The predicted octanol–water partition coefficient (Wildman–Crippen LogP) is 5.21. The maximum atomic E-state index is 6.04. The molecule has 0 amide bonds. The molecule has 0 spiro atoms. The van der Waals surface area contributed by atoms with Crippen LogP contribution in [0, 0.1) is 6.92 Å². The van der Waals surface area contributed by atoms with Gasteiger partial charge in [-0.25, -0.2) is 0 Å². The summed E-state index contributed by atoms with van der Waals surface area (Å²) in [5, 5.41) is 4.33. The molecule has 0 aromatic heterocycles. The van der Waals surface area contributed by atoms with Crippen molar-refractivity contribution in [3.8, 4) is 0 Å². The van der Waals surface area contributed by atoms with Crippen molar-refractivity contribution in [1.82, 2.24) is 0 Å². The molecule has 94 valence electrons. The summed E-state index contributed by atoms with van der Waals surface area (Å²) in [7, 11) is 0. The lowest BCUT2D eigenvalue weighted by molar-refractivity contribution is 0.749. The zero-order valence-electron chi connectivity index (χ0n) is 10.8. The molecule has 1 unspecified atom stereocenters. The first-order chi connectivity index (χ1) is 8.69. The number of benzene rings is 2. The second kappa shape index (κ2) is 5.92. The fourth-order valence-electron chi connectivity index (χ4n) is 2.00. The Balaban J connectivity index is 2.17. The molecule has 2 rings (SSSR count). The van der Waals surface area contributed by atoms with E-state index in [1.165, 1.54) is 11.1 Å². The molecule has 2 aromatic rings. The highest BCUT2D eigenvalue weighted by atomic mass is 35.5. The van der Waals surface area contributed by atoms with Crippen molar-refractivity contribution in [3.63, 3.8) is 0 Å². The van der Waals surface area contributed by atoms with Gasteiger partial charge in [-0.15, -0.1) is 0 Å². The van der Waals surface area contributed by atoms with Gasteiger partial charge in [0.15, 0.2) is 0 Å². The summed E-state index contributed by atoms with van der Waals surface area (Å²) in [5.74, 6) is 0. The number of hydrogen-bond acceptors (Lipinski definition) is 1. The van der Waals surface area contributed by atoms with Gasteiger partial charge in [-0.1, -0.05) is 48.4 Å². The minimum Gasteiger partial charge on any atom is -0.378 e. The van der Waals surface area contributed by atoms with E-state index >= 15 is 0 Å². The summed E-state index contributed by atoms with van der Waals surface area (Å²) in [5.41, 5.74) is 3.65. The van der Waals surface area contributed by atoms with Crippen LogP contribution in [0.1, 0.15) is 30.5 Å². The summed E-state index contributed by atoms with van der Waals surface area (Å²) < 4.78 is 0. The Hall–Kier alpha value is -1.47. The zero-order valence-corrected chi connectivity index (χ0v) is 11.5. The molecule has 0 fully saturated rings. The Morgan fingerprint density at radius 3 is 2.44 bits per heavy atom. The molecule has 0 aliphatic carbocycles. The van der Waals surface area contributed by atoms with Crippen molar-refractivity contribution in [2.75, 3.05) is 5.32 Å². The van der Waals surface area contributed by atoms with Crippen molar-refractivity contribution in [1.29, 1.82) is 0 Å². The van der Waals surface area contributed by atoms with Crippen LogP contribution < -0.4 is 5.32 Å². The van der Waals surface area contributed by atoms with Gasteiger partial charge in [-0.2, -0.15) is 0 Å². The van der Waals surface area contributed by atoms with Gasteiger partial charge in [0.05, 0.1) is 6.04 Å². The number of halogens is 1. The molecule has 1 N–H and O–H groups in total. The third-order valence-electron chi connectivity index (χ3n) is 3.05. The van der Waals surface area contributed by atoms with Crippen LogP contribution in [0.4, 0.5) is 5.69 Å². The largest absolute Gasteiger partial charge is 0.378 e. The molecule has 2 heteroatoms. The van der Waals surface area contributed by atoms with Crippen LogP contribution in [0.25, 0.3) is 0 Å². The minimum absolute atomic E-state index is 0.298. The van der Waals surface area contributed by atoms with Crippen LogP contribution in [0.3, 0.4) is 0 Å². The number of rotatable bonds is 4. The van der Waals surface area contributed by atoms with E-state index in [9.17, 15) is 0 Å². The lowest BCUT2D eigenvalue weighted by Crippen LogP contribution is -2.09. The van der Waals surface area contributed by atoms with E-state index in [4.69, 9.17) is 11.6 Å². The first-order valence-corrected chi connectivity index (χ1v) is 6.65. The Morgan fingerprint density at radius 2 is 1.83 bits per heavy atom. The van der Waals surface area contributed by atoms with Crippen molar-refractivity contribution in [2.45, 2.75) is 26.3 Å². The lowest BCUT2D eigenvalue weighted by atomic mass is 10.0. The molecule has 0 saturated heterocycles. The highest BCUT2D eigenvalue weighted by Crippen LogP contribution is 2.24. The molecule has 18 heavy (non-hydrogen) atoms. The highest BCUT2D eigenvalue weighted by Gasteiger charge is 2.09. The topological polar surface area (TPSA) is 12.0 Å². The van der Waals surface area contributed by atoms with Crippen molar-refractivity contribution in [3.05, 3.63) is 64.7 Å². The van der Waals surface area contributed by atoms with Gasteiger partial charge in [0.1, 0.15) is 0 Å². The number of aryl methyl sites for hydroxylation is 1. The van der Waals surface area contributed by atoms with E-state index in [0.29, 0.717) is 6.04 Å². The van der Waals surface area contributed by atoms with Crippen LogP contribution in [0.5, 0.6) is 0 Å². The molecule has 0 saturated carbocycles. The van der Waals surface area contributed by atoms with Gasteiger partial charge in [-0.05, 0) is 43.2 Å². The summed E-state index contributed by atoms with van der Waals surface area (Å²) >= 11 is 6.04. The van der Waals surface area contributed by atoms with E-state index in [1.54, 1.807) is 0 Å². The maximum absolute atomic E-state index is 6.04. The Labute approximate surface area is 114 Å². The van der Waals surface area contributed by atoms with E-state index in [1.807, 2.05) is 18.2 Å². The van der Waals surface area contributed by atoms with Gasteiger partial charge in [-0.3, -0.25) is 0 Å². The minimum atomic E-state index is 0.298. The average molecular weight is 260 g/mol. The zero-order chi connectivity index (χ0) is 13.0. The second-order valence-corrected chi connectivity index (χ2v) is 4.96. The number of hydrogen-bond donors (Lipinski definition) is 1. The summed E-state index contributed by atoms with van der Waals surface area (Å²) in [4.78, 5) is 0. The molecule has 1 atom stereocenters. The molecule has 0 aliphatic heterocycles. The van der Waals surface area contributed by atoms with Gasteiger partial charge in [0.25, 0.3) is 0 Å². The quantitative estimate of drug-likeness (QED) is 0.795. The van der Waals surface area contributed by atoms with Gasteiger partial charge in [0.2, 0.25) is 0 Å². The van der Waals surface area contributed by atoms with Gasteiger partial charge in [0, 0.05) is 10.7 Å². The Kier molecular flexibility index (Phi) is 4.27. The monoisotopic (exact) mass is 259 g/mol. The molecule has 1 nitrogen and oxygen atoms in total. The molecule has 0 bridgehead atoms. The highest BCUT2D eigenvalue weighted by molar-refractivity contribution is 6.30. The molecule has 0 aliphatic rings. The Bertz CT molecular complexity index is 505. The third-order valence-corrected chi connectivity index (χ3v) is 3.29. The lowest BCUT2D eigenvalue weighted by Gasteiger charge is -2.19. The summed E-state index contributed by atoms with van der Waals surface area (Å²) in [6.45, 7) is 4.27. The smallest absolute Gasteiger partial charge is 0.0511 e. The fraction of sp³-hybridized carbons (Fsp3) is 0.250. The van der Waals surface area contributed by atoms with Crippen LogP contribution in [0.2, 0.25) is 5.02 Å². The normalized spacial score (nSPS) is 12.2. The maximum Gasteiger partial charge on any atom is 0.0511 e. The van der Waals surface area contributed by atoms with Crippen LogP contribution >= 0.6 is 11.6 Å². The first-order valence-electron chi connectivity index (χ1n) is 6.27. The Morgan fingerprint density at radius 1 is 1.11 bits per heavy atom. The average Bonchev–Trinajstić information content (AvgIpc) is 2.38. The van der Waals surface area contributed by atoms with Crippen LogP contribution in [-0.2, 0) is 0 Å².